The first kappa shape index (κ1) is 23.5. The number of hydrogen-bond donors (Lipinski definition) is 0. The van der Waals surface area contributed by atoms with E-state index in [9.17, 15) is 14.4 Å². The summed E-state index contributed by atoms with van der Waals surface area (Å²) in [5, 5.41) is 0. The van der Waals surface area contributed by atoms with Crippen LogP contribution in [0.1, 0.15) is 12.8 Å². The molecule has 3 aliphatic heterocycles. The Balaban J connectivity index is 1.15. The molecule has 9 nitrogen and oxygen atoms in total. The topological polar surface area (TPSA) is 82.6 Å². The standard InChI is InChI=1S/C24H34N4O5/c29-22(18-25-14-16-32-17-15-25)27-10-12-28(13-11-27)24(31)20-6-8-26(9-7-20)23(30)19-33-21-4-2-1-3-5-21/h1-5,20H,6-19H2. The van der Waals surface area contributed by atoms with Gasteiger partial charge >= 0.3 is 0 Å². The Morgan fingerprint density at radius 2 is 1.39 bits per heavy atom. The van der Waals surface area contributed by atoms with Crippen molar-refractivity contribution in [3.05, 3.63) is 30.3 Å². The Hall–Kier alpha value is -2.65. The third kappa shape index (κ3) is 6.45. The molecule has 3 heterocycles. The van der Waals surface area contributed by atoms with Gasteiger partial charge in [-0.1, -0.05) is 18.2 Å². The van der Waals surface area contributed by atoms with Gasteiger partial charge in [0, 0.05) is 58.3 Å². The van der Waals surface area contributed by atoms with Gasteiger partial charge in [-0.2, -0.15) is 0 Å². The molecule has 3 saturated heterocycles. The lowest BCUT2D eigenvalue weighted by molar-refractivity contribution is -0.145. The van der Waals surface area contributed by atoms with E-state index in [1.54, 1.807) is 4.90 Å². The fourth-order valence-electron chi connectivity index (χ4n) is 4.61. The molecule has 0 aromatic heterocycles. The molecule has 1 aromatic rings. The maximum atomic E-state index is 13.0. The van der Waals surface area contributed by atoms with Crippen LogP contribution in [-0.4, -0.2) is 116 Å². The van der Waals surface area contributed by atoms with Gasteiger partial charge in [0.15, 0.2) is 6.61 Å². The highest BCUT2D eigenvalue weighted by atomic mass is 16.5. The lowest BCUT2D eigenvalue weighted by atomic mass is 9.95. The normalized spacial score (nSPS) is 20.5. The van der Waals surface area contributed by atoms with Crippen LogP contribution in [-0.2, 0) is 19.1 Å². The number of amides is 3. The second-order valence-electron chi connectivity index (χ2n) is 8.85. The number of piperazine rings is 1. The number of benzene rings is 1. The lowest BCUT2D eigenvalue weighted by Crippen LogP contribution is -2.55. The molecule has 180 valence electrons. The van der Waals surface area contributed by atoms with Crippen molar-refractivity contribution in [3.8, 4) is 5.75 Å². The number of carbonyl (C=O) groups excluding carboxylic acids is 3. The molecule has 0 radical (unpaired) electrons. The van der Waals surface area contributed by atoms with Crippen molar-refractivity contribution in [1.82, 2.24) is 19.6 Å². The molecule has 9 heteroatoms. The maximum absolute atomic E-state index is 13.0. The van der Waals surface area contributed by atoms with E-state index in [2.05, 4.69) is 4.90 Å². The minimum atomic E-state index is -0.0558. The predicted octanol–water partition coefficient (Wildman–Crippen LogP) is 0.307. The van der Waals surface area contributed by atoms with Crippen LogP contribution < -0.4 is 4.74 Å². The minimum Gasteiger partial charge on any atom is -0.484 e. The Labute approximate surface area is 195 Å². The number of rotatable bonds is 6. The summed E-state index contributed by atoms with van der Waals surface area (Å²) >= 11 is 0. The molecule has 0 spiro atoms. The van der Waals surface area contributed by atoms with Crippen LogP contribution in [0.25, 0.3) is 0 Å². The maximum Gasteiger partial charge on any atom is 0.260 e. The zero-order valence-corrected chi connectivity index (χ0v) is 19.2. The van der Waals surface area contributed by atoms with Crippen LogP contribution in [0.3, 0.4) is 0 Å². The van der Waals surface area contributed by atoms with Crippen molar-refractivity contribution in [2.45, 2.75) is 12.8 Å². The fourth-order valence-corrected chi connectivity index (χ4v) is 4.61. The average Bonchev–Trinajstić information content (AvgIpc) is 2.88. The summed E-state index contributed by atoms with van der Waals surface area (Å²) in [6.45, 7) is 6.88. The Kier molecular flexibility index (Phi) is 8.17. The first-order valence-electron chi connectivity index (χ1n) is 11.9. The second-order valence-corrected chi connectivity index (χ2v) is 8.85. The summed E-state index contributed by atoms with van der Waals surface area (Å²) in [7, 11) is 0. The van der Waals surface area contributed by atoms with Crippen molar-refractivity contribution < 1.29 is 23.9 Å². The molecule has 0 bridgehead atoms. The van der Waals surface area contributed by atoms with Crippen molar-refractivity contribution >= 4 is 17.7 Å². The third-order valence-corrected chi connectivity index (χ3v) is 6.71. The summed E-state index contributed by atoms with van der Waals surface area (Å²) < 4.78 is 10.9. The van der Waals surface area contributed by atoms with E-state index >= 15 is 0 Å². The molecule has 0 atom stereocenters. The SMILES string of the molecule is O=C(COc1ccccc1)N1CCC(C(=O)N2CCN(C(=O)CN3CCOCC3)CC2)CC1. The van der Waals surface area contributed by atoms with Crippen LogP contribution in [0.5, 0.6) is 5.75 Å². The smallest absolute Gasteiger partial charge is 0.260 e. The number of carbonyl (C=O) groups is 3. The zero-order chi connectivity index (χ0) is 23.0. The molecule has 3 amide bonds. The highest BCUT2D eigenvalue weighted by Gasteiger charge is 2.32. The van der Waals surface area contributed by atoms with Crippen molar-refractivity contribution in [1.29, 1.82) is 0 Å². The van der Waals surface area contributed by atoms with E-state index < -0.39 is 0 Å². The number of ether oxygens (including phenoxy) is 2. The highest BCUT2D eigenvalue weighted by molar-refractivity contribution is 5.82. The van der Waals surface area contributed by atoms with E-state index in [0.29, 0.717) is 77.6 Å². The van der Waals surface area contributed by atoms with Gasteiger partial charge in [-0.3, -0.25) is 19.3 Å². The van der Waals surface area contributed by atoms with Gasteiger partial charge in [0.2, 0.25) is 11.8 Å². The summed E-state index contributed by atoms with van der Waals surface area (Å²) in [6.07, 6.45) is 1.35. The summed E-state index contributed by atoms with van der Waals surface area (Å²) in [4.78, 5) is 45.7. The Bertz CT molecular complexity index is 798. The van der Waals surface area contributed by atoms with Crippen LogP contribution >= 0.6 is 0 Å². The quantitative estimate of drug-likeness (QED) is 0.610. The molecule has 4 rings (SSSR count). The van der Waals surface area contributed by atoms with E-state index in [1.165, 1.54) is 0 Å². The van der Waals surface area contributed by atoms with Gasteiger partial charge in [-0.25, -0.2) is 0 Å². The van der Waals surface area contributed by atoms with Crippen molar-refractivity contribution in [3.63, 3.8) is 0 Å². The van der Waals surface area contributed by atoms with E-state index in [4.69, 9.17) is 9.47 Å². The van der Waals surface area contributed by atoms with Crippen LogP contribution in [0.15, 0.2) is 30.3 Å². The fraction of sp³-hybridized carbons (Fsp3) is 0.625. The molecule has 0 N–H and O–H groups in total. The van der Waals surface area contributed by atoms with Gasteiger partial charge in [0.05, 0.1) is 19.8 Å². The summed E-state index contributed by atoms with van der Waals surface area (Å²) in [6, 6.07) is 9.30. The number of morpholine rings is 1. The van der Waals surface area contributed by atoms with E-state index in [0.717, 1.165) is 13.1 Å². The predicted molar refractivity (Wildman–Crippen MR) is 122 cm³/mol. The van der Waals surface area contributed by atoms with Crippen molar-refractivity contribution in [2.75, 3.05) is 78.7 Å². The minimum absolute atomic E-state index is 0.0169. The zero-order valence-electron chi connectivity index (χ0n) is 19.2. The van der Waals surface area contributed by atoms with Gasteiger partial charge < -0.3 is 24.2 Å². The monoisotopic (exact) mass is 458 g/mol. The third-order valence-electron chi connectivity index (χ3n) is 6.71. The molecule has 3 aliphatic rings. The van der Waals surface area contributed by atoms with Gasteiger partial charge in [0.1, 0.15) is 5.75 Å². The first-order chi connectivity index (χ1) is 16.1. The van der Waals surface area contributed by atoms with Gasteiger partial charge in [-0.15, -0.1) is 0 Å². The van der Waals surface area contributed by atoms with Gasteiger partial charge in [0.25, 0.3) is 5.91 Å². The Morgan fingerprint density at radius 1 is 0.788 bits per heavy atom. The number of para-hydroxylation sites is 1. The summed E-state index contributed by atoms with van der Waals surface area (Å²) in [5.74, 6) is 0.867. The number of likely N-dealkylation sites (tertiary alicyclic amines) is 1. The van der Waals surface area contributed by atoms with E-state index in [1.807, 2.05) is 40.1 Å². The molecule has 0 aliphatic carbocycles. The molecular formula is C24H34N4O5. The van der Waals surface area contributed by atoms with Crippen molar-refractivity contribution in [2.24, 2.45) is 5.92 Å². The van der Waals surface area contributed by atoms with Crippen LogP contribution in [0, 0.1) is 5.92 Å². The lowest BCUT2D eigenvalue weighted by Gasteiger charge is -2.39. The van der Waals surface area contributed by atoms with E-state index in [-0.39, 0.29) is 30.2 Å². The molecule has 33 heavy (non-hydrogen) atoms. The Morgan fingerprint density at radius 3 is 2.06 bits per heavy atom. The largest absolute Gasteiger partial charge is 0.484 e. The number of hydrogen-bond acceptors (Lipinski definition) is 6. The van der Waals surface area contributed by atoms with Crippen LogP contribution in [0.4, 0.5) is 0 Å². The molecular weight excluding hydrogens is 424 g/mol. The molecule has 3 fully saturated rings. The number of nitrogens with zero attached hydrogens (tertiary/aromatic N) is 4. The first-order valence-corrected chi connectivity index (χ1v) is 11.9. The number of piperidine rings is 1. The summed E-state index contributed by atoms with van der Waals surface area (Å²) in [5.41, 5.74) is 0. The molecule has 0 saturated carbocycles. The van der Waals surface area contributed by atoms with Crippen LogP contribution in [0.2, 0.25) is 0 Å². The second kappa shape index (κ2) is 11.5. The molecule has 1 aromatic carbocycles. The highest BCUT2D eigenvalue weighted by Crippen LogP contribution is 2.21. The average molecular weight is 459 g/mol. The molecule has 0 unspecified atom stereocenters. The van der Waals surface area contributed by atoms with Gasteiger partial charge in [-0.05, 0) is 25.0 Å².